The molecule has 218 valence electrons. The minimum absolute atomic E-state index is 0.0594. The fourth-order valence-electron chi connectivity index (χ4n) is 6.81. The largest absolute Gasteiger partial charge is 0.406 e. The van der Waals surface area contributed by atoms with Crippen molar-refractivity contribution in [2.45, 2.75) is 69.1 Å². The second-order valence-corrected chi connectivity index (χ2v) is 11.9. The Morgan fingerprint density at radius 2 is 1.90 bits per heavy atom. The molecule has 2 N–H and O–H groups in total. The average Bonchev–Trinajstić information content (AvgIpc) is 3.23. The lowest BCUT2D eigenvalue weighted by Gasteiger charge is -2.58. The van der Waals surface area contributed by atoms with Crippen LogP contribution >= 0.6 is 0 Å². The Labute approximate surface area is 233 Å². The van der Waals surface area contributed by atoms with Crippen molar-refractivity contribution in [3.05, 3.63) is 30.0 Å². The lowest BCUT2D eigenvalue weighted by molar-refractivity contribution is -0.200. The van der Waals surface area contributed by atoms with Gasteiger partial charge in [-0.2, -0.15) is 13.2 Å². The van der Waals surface area contributed by atoms with E-state index in [1.807, 2.05) is 12.1 Å². The second kappa shape index (κ2) is 11.5. The number of aromatic nitrogens is 1. The first-order valence-corrected chi connectivity index (χ1v) is 14.4. The van der Waals surface area contributed by atoms with Gasteiger partial charge in [0.1, 0.15) is 6.54 Å². The highest BCUT2D eigenvalue weighted by Crippen LogP contribution is 2.41. The van der Waals surface area contributed by atoms with Crippen molar-refractivity contribution in [1.29, 1.82) is 0 Å². The first-order valence-electron chi connectivity index (χ1n) is 14.4. The maximum Gasteiger partial charge on any atom is 0.406 e. The number of nitrogens with zero attached hydrogens (tertiary/aromatic N) is 2. The van der Waals surface area contributed by atoms with E-state index in [4.69, 9.17) is 14.2 Å². The van der Waals surface area contributed by atoms with E-state index in [0.29, 0.717) is 48.5 Å². The maximum absolute atomic E-state index is 13.6. The van der Waals surface area contributed by atoms with E-state index < -0.39 is 12.7 Å². The molecule has 3 saturated heterocycles. The third-order valence-electron chi connectivity index (χ3n) is 9.03. The first kappa shape index (κ1) is 27.9. The van der Waals surface area contributed by atoms with Gasteiger partial charge in [-0.25, -0.2) is 0 Å². The summed E-state index contributed by atoms with van der Waals surface area (Å²) in [7, 11) is 1.65. The molecule has 0 amide bonds. The van der Waals surface area contributed by atoms with Crippen molar-refractivity contribution in [3.63, 3.8) is 0 Å². The van der Waals surface area contributed by atoms with Gasteiger partial charge in [0.15, 0.2) is 0 Å². The Morgan fingerprint density at radius 3 is 2.60 bits per heavy atom. The van der Waals surface area contributed by atoms with Crippen LogP contribution in [0.2, 0.25) is 0 Å². The van der Waals surface area contributed by atoms with Crippen LogP contribution in [0.15, 0.2) is 24.3 Å². The van der Waals surface area contributed by atoms with Crippen molar-refractivity contribution in [2.75, 3.05) is 58.5 Å². The molecule has 4 heterocycles. The molecule has 1 aromatic carbocycles. The van der Waals surface area contributed by atoms with E-state index in [-0.39, 0.29) is 12.1 Å². The summed E-state index contributed by atoms with van der Waals surface area (Å²) in [4.78, 5) is 2.61. The van der Waals surface area contributed by atoms with Crippen LogP contribution in [-0.4, -0.2) is 93.0 Å². The Bertz CT molecular complexity index is 1230. The van der Waals surface area contributed by atoms with E-state index >= 15 is 0 Å². The number of hydrogen-bond acceptors (Lipinski definition) is 6. The average molecular weight is 561 g/mol. The van der Waals surface area contributed by atoms with Crippen molar-refractivity contribution in [2.24, 2.45) is 5.41 Å². The van der Waals surface area contributed by atoms with Crippen molar-refractivity contribution in [3.8, 4) is 11.8 Å². The lowest BCUT2D eigenvalue weighted by Crippen LogP contribution is -2.68. The van der Waals surface area contributed by atoms with Crippen LogP contribution in [0.4, 0.5) is 18.9 Å². The minimum atomic E-state index is -4.35. The number of halogens is 3. The van der Waals surface area contributed by atoms with Gasteiger partial charge in [0.05, 0.1) is 43.7 Å². The number of anilines is 1. The highest BCUT2D eigenvalue weighted by atomic mass is 19.4. The molecule has 2 aromatic rings. The number of rotatable bonds is 7. The number of benzene rings is 1. The van der Waals surface area contributed by atoms with E-state index in [0.717, 1.165) is 69.5 Å². The molecule has 10 heteroatoms. The van der Waals surface area contributed by atoms with Gasteiger partial charge < -0.3 is 29.4 Å². The van der Waals surface area contributed by atoms with E-state index in [1.54, 1.807) is 19.2 Å². The van der Waals surface area contributed by atoms with Crippen LogP contribution in [0.1, 0.15) is 37.8 Å². The summed E-state index contributed by atoms with van der Waals surface area (Å²) < 4.78 is 58.4. The van der Waals surface area contributed by atoms with Gasteiger partial charge in [0.2, 0.25) is 0 Å². The van der Waals surface area contributed by atoms with E-state index in [9.17, 15) is 13.2 Å². The molecule has 1 aromatic heterocycles. The Kier molecular flexibility index (Phi) is 8.03. The number of alkyl halides is 3. The molecule has 3 aliphatic heterocycles. The molecular formula is C30H39F3N4O3. The molecule has 0 unspecified atom stereocenters. The van der Waals surface area contributed by atoms with Gasteiger partial charge in [-0.05, 0) is 56.2 Å². The first-order chi connectivity index (χ1) is 19.3. The number of fused-ring (bicyclic) bond motifs is 1. The summed E-state index contributed by atoms with van der Waals surface area (Å²) >= 11 is 0. The number of nitrogens with one attached hydrogen (secondary N) is 2. The normalized spacial score (nSPS) is 28.5. The Hall–Kier alpha value is -2.29. The quantitative estimate of drug-likeness (QED) is 0.500. The molecule has 1 saturated carbocycles. The summed E-state index contributed by atoms with van der Waals surface area (Å²) in [6.07, 6.45) is 0.780. The fourth-order valence-corrected chi connectivity index (χ4v) is 6.81. The van der Waals surface area contributed by atoms with Gasteiger partial charge in [-0.1, -0.05) is 12.0 Å². The van der Waals surface area contributed by atoms with E-state index in [2.05, 4.69) is 27.4 Å². The maximum atomic E-state index is 13.6. The van der Waals surface area contributed by atoms with Crippen LogP contribution in [0.5, 0.6) is 0 Å². The molecule has 1 spiro atoms. The molecule has 40 heavy (non-hydrogen) atoms. The molecule has 0 bridgehead atoms. The van der Waals surface area contributed by atoms with Gasteiger partial charge in [0, 0.05) is 61.4 Å². The predicted molar refractivity (Wildman–Crippen MR) is 147 cm³/mol. The molecule has 4 fully saturated rings. The Balaban J connectivity index is 1.13. The number of methoxy groups -OCH3 is 1. The topological polar surface area (TPSA) is 59.9 Å². The zero-order valence-electron chi connectivity index (χ0n) is 23.1. The highest BCUT2D eigenvalue weighted by Gasteiger charge is 2.50. The SMILES string of the molecule is CO[C@@H]1COCC[C@H]1NCC#Cc1cc2c(N[C@H]3CC[C@H](N4CC5(COC5)C4)CC3)cccc2n1CC(F)(F)F. The molecule has 2 atom stereocenters. The molecule has 7 nitrogen and oxygen atoms in total. The second-order valence-electron chi connectivity index (χ2n) is 11.9. The molecule has 6 rings (SSSR count). The third-order valence-corrected chi connectivity index (χ3v) is 9.03. The fraction of sp³-hybridized carbons (Fsp3) is 0.667. The van der Waals surface area contributed by atoms with Gasteiger partial charge in [-0.3, -0.25) is 4.90 Å². The van der Waals surface area contributed by atoms with Crippen molar-refractivity contribution < 1.29 is 27.4 Å². The van der Waals surface area contributed by atoms with Crippen molar-refractivity contribution in [1.82, 2.24) is 14.8 Å². The summed E-state index contributed by atoms with van der Waals surface area (Å²) in [5, 5.41) is 7.80. The molecule has 1 aliphatic carbocycles. The van der Waals surface area contributed by atoms with Crippen LogP contribution in [0, 0.1) is 17.3 Å². The van der Waals surface area contributed by atoms with Gasteiger partial charge in [0.25, 0.3) is 0 Å². The molecule has 0 radical (unpaired) electrons. The third kappa shape index (κ3) is 6.00. The zero-order valence-corrected chi connectivity index (χ0v) is 23.1. The van der Waals surface area contributed by atoms with Gasteiger partial charge >= 0.3 is 6.18 Å². The summed E-state index contributed by atoms with van der Waals surface area (Å²) in [6, 6.07) is 8.39. The summed E-state index contributed by atoms with van der Waals surface area (Å²) in [5.74, 6) is 6.06. The summed E-state index contributed by atoms with van der Waals surface area (Å²) in [5.41, 5.74) is 2.23. The number of likely N-dealkylation sites (tertiary alicyclic amines) is 1. The van der Waals surface area contributed by atoms with Crippen LogP contribution in [-0.2, 0) is 20.8 Å². The number of ether oxygens (including phenoxy) is 3. The van der Waals surface area contributed by atoms with Crippen LogP contribution < -0.4 is 10.6 Å². The van der Waals surface area contributed by atoms with E-state index in [1.165, 1.54) is 4.57 Å². The summed E-state index contributed by atoms with van der Waals surface area (Å²) in [6.45, 7) is 4.58. The van der Waals surface area contributed by atoms with Crippen molar-refractivity contribution >= 4 is 16.6 Å². The monoisotopic (exact) mass is 560 g/mol. The minimum Gasteiger partial charge on any atom is -0.382 e. The Morgan fingerprint density at radius 1 is 1.10 bits per heavy atom. The predicted octanol–water partition coefficient (Wildman–Crippen LogP) is 4.00. The smallest absolute Gasteiger partial charge is 0.382 e. The molecule has 4 aliphatic rings. The zero-order chi connectivity index (χ0) is 27.7. The van der Waals surface area contributed by atoms with Gasteiger partial charge in [-0.15, -0.1) is 0 Å². The number of hydrogen-bond donors (Lipinski definition) is 2. The molecular weight excluding hydrogens is 521 g/mol. The highest BCUT2D eigenvalue weighted by molar-refractivity contribution is 5.94. The standard InChI is InChI=1S/C30H39F3N4O3/c1-38-28-15-39-13-11-26(28)34-12-3-4-23-14-24-25(5-2-6-27(24)37(23)18-30(31,32)33)35-21-7-9-22(10-8-21)36-16-29(17-36)19-40-20-29/h2,5-6,14,21-22,26,28,34-35H,7-13,15-20H2,1H3/t21-,22-,26-,28-/m1/s1. The van der Waals surface area contributed by atoms with Crippen LogP contribution in [0.25, 0.3) is 10.9 Å². The lowest BCUT2D eigenvalue weighted by atomic mass is 9.75. The van der Waals surface area contributed by atoms with Crippen LogP contribution in [0.3, 0.4) is 0 Å².